The number of rotatable bonds is 8. The summed E-state index contributed by atoms with van der Waals surface area (Å²) in [6.45, 7) is 13.1. The Morgan fingerprint density at radius 2 is 1.86 bits per heavy atom. The molecule has 6 nitrogen and oxygen atoms in total. The summed E-state index contributed by atoms with van der Waals surface area (Å²) in [5.74, 6) is 0.554. The fourth-order valence-corrected chi connectivity index (χ4v) is 4.08. The number of amides is 1. The molecule has 1 aliphatic rings. The lowest BCUT2D eigenvalue weighted by Crippen LogP contribution is -2.49. The standard InChI is InChI=1S/C23H34N4O2/c1-17(2)14-21(26-10-12-29-13-11-26)15-24-23(28)22-18(3)25-27(19(22)4)16-20-8-6-5-7-9-20/h5-9,17,21H,10-16H2,1-4H3,(H,24,28). The van der Waals surface area contributed by atoms with Crippen LogP contribution < -0.4 is 5.32 Å². The van der Waals surface area contributed by atoms with E-state index in [1.54, 1.807) is 0 Å². The lowest BCUT2D eigenvalue weighted by molar-refractivity contribution is 0.0124. The molecule has 1 amide bonds. The molecule has 0 radical (unpaired) electrons. The molecule has 1 N–H and O–H groups in total. The van der Waals surface area contributed by atoms with Gasteiger partial charge in [-0.05, 0) is 31.7 Å². The first-order chi connectivity index (χ1) is 14.0. The van der Waals surface area contributed by atoms with Gasteiger partial charge in [0, 0.05) is 31.4 Å². The fraction of sp³-hybridized carbons (Fsp3) is 0.565. The number of hydrogen-bond acceptors (Lipinski definition) is 4. The second-order valence-corrected chi connectivity index (χ2v) is 8.33. The van der Waals surface area contributed by atoms with Crippen molar-refractivity contribution in [2.45, 2.75) is 46.7 Å². The molecule has 0 saturated carbocycles. The molecule has 6 heteroatoms. The molecule has 2 heterocycles. The van der Waals surface area contributed by atoms with Gasteiger partial charge in [0.05, 0.1) is 31.0 Å². The second kappa shape index (κ2) is 10.0. The third-order valence-corrected chi connectivity index (χ3v) is 5.59. The average Bonchev–Trinajstić information content (AvgIpc) is 2.99. The number of nitrogens with one attached hydrogen (secondary N) is 1. The molecular weight excluding hydrogens is 364 g/mol. The molecule has 1 aliphatic heterocycles. The van der Waals surface area contributed by atoms with Crippen molar-refractivity contribution in [3.8, 4) is 0 Å². The molecule has 0 bridgehead atoms. The predicted molar refractivity (Wildman–Crippen MR) is 115 cm³/mol. The van der Waals surface area contributed by atoms with E-state index in [1.807, 2.05) is 36.7 Å². The highest BCUT2D eigenvalue weighted by Crippen LogP contribution is 2.16. The molecule has 0 aliphatic carbocycles. The van der Waals surface area contributed by atoms with Gasteiger partial charge in [-0.25, -0.2) is 0 Å². The van der Waals surface area contributed by atoms with Crippen molar-refractivity contribution in [1.29, 1.82) is 0 Å². The van der Waals surface area contributed by atoms with E-state index in [4.69, 9.17) is 4.74 Å². The monoisotopic (exact) mass is 398 g/mol. The van der Waals surface area contributed by atoms with Crippen LogP contribution in [0.4, 0.5) is 0 Å². The number of aromatic nitrogens is 2. The summed E-state index contributed by atoms with van der Waals surface area (Å²) in [4.78, 5) is 15.5. The zero-order valence-electron chi connectivity index (χ0n) is 18.1. The van der Waals surface area contributed by atoms with E-state index >= 15 is 0 Å². The van der Waals surface area contributed by atoms with E-state index in [0.29, 0.717) is 30.6 Å². The van der Waals surface area contributed by atoms with Gasteiger partial charge in [0.25, 0.3) is 5.91 Å². The zero-order chi connectivity index (χ0) is 20.8. The number of morpholine rings is 1. The van der Waals surface area contributed by atoms with E-state index in [0.717, 1.165) is 44.1 Å². The third-order valence-electron chi connectivity index (χ3n) is 5.59. The van der Waals surface area contributed by atoms with Crippen LogP contribution in [0.5, 0.6) is 0 Å². The number of ether oxygens (including phenoxy) is 1. The van der Waals surface area contributed by atoms with Crippen LogP contribution in [0.3, 0.4) is 0 Å². The van der Waals surface area contributed by atoms with Crippen LogP contribution in [0.1, 0.15) is 47.6 Å². The molecule has 0 spiro atoms. The van der Waals surface area contributed by atoms with Gasteiger partial charge in [0.2, 0.25) is 0 Å². The lowest BCUT2D eigenvalue weighted by atomic mass is 10.0. The minimum atomic E-state index is -0.0265. The van der Waals surface area contributed by atoms with Crippen molar-refractivity contribution in [2.75, 3.05) is 32.8 Å². The van der Waals surface area contributed by atoms with E-state index in [-0.39, 0.29) is 5.91 Å². The smallest absolute Gasteiger partial charge is 0.255 e. The molecule has 1 saturated heterocycles. The van der Waals surface area contributed by atoms with Gasteiger partial charge in [0.15, 0.2) is 0 Å². The topological polar surface area (TPSA) is 59.4 Å². The lowest BCUT2D eigenvalue weighted by Gasteiger charge is -2.35. The van der Waals surface area contributed by atoms with Gasteiger partial charge >= 0.3 is 0 Å². The maximum absolute atomic E-state index is 13.0. The van der Waals surface area contributed by atoms with Crippen LogP contribution >= 0.6 is 0 Å². The summed E-state index contributed by atoms with van der Waals surface area (Å²) in [5.41, 5.74) is 3.57. The Balaban J connectivity index is 1.67. The van der Waals surface area contributed by atoms with Crippen LogP contribution in [0.2, 0.25) is 0 Å². The van der Waals surface area contributed by atoms with E-state index < -0.39 is 0 Å². The number of benzene rings is 1. The van der Waals surface area contributed by atoms with Crippen molar-refractivity contribution < 1.29 is 9.53 Å². The van der Waals surface area contributed by atoms with Gasteiger partial charge in [-0.15, -0.1) is 0 Å². The van der Waals surface area contributed by atoms with Crippen LogP contribution in [-0.2, 0) is 11.3 Å². The van der Waals surface area contributed by atoms with Gasteiger partial charge in [0.1, 0.15) is 0 Å². The highest BCUT2D eigenvalue weighted by atomic mass is 16.5. The number of carbonyl (C=O) groups excluding carboxylic acids is 1. The Morgan fingerprint density at radius 1 is 1.17 bits per heavy atom. The molecule has 3 rings (SSSR count). The van der Waals surface area contributed by atoms with Gasteiger partial charge < -0.3 is 10.1 Å². The highest BCUT2D eigenvalue weighted by molar-refractivity contribution is 5.96. The highest BCUT2D eigenvalue weighted by Gasteiger charge is 2.24. The normalized spacial score (nSPS) is 16.2. The van der Waals surface area contributed by atoms with Crippen LogP contribution in [0, 0.1) is 19.8 Å². The SMILES string of the molecule is Cc1nn(Cc2ccccc2)c(C)c1C(=O)NCC(CC(C)C)N1CCOCC1. The molecule has 1 atom stereocenters. The maximum atomic E-state index is 13.0. The van der Waals surface area contributed by atoms with Crippen molar-refractivity contribution in [3.05, 3.63) is 52.8 Å². The Labute approximate surface area is 174 Å². The Bertz CT molecular complexity index is 795. The van der Waals surface area contributed by atoms with Crippen molar-refractivity contribution in [2.24, 2.45) is 5.92 Å². The largest absolute Gasteiger partial charge is 0.379 e. The van der Waals surface area contributed by atoms with Crippen LogP contribution in [-0.4, -0.2) is 59.5 Å². The first-order valence-electron chi connectivity index (χ1n) is 10.6. The summed E-state index contributed by atoms with van der Waals surface area (Å²) in [6.07, 6.45) is 1.06. The third kappa shape index (κ3) is 5.67. The number of carbonyl (C=O) groups is 1. The van der Waals surface area contributed by atoms with Gasteiger partial charge in [-0.1, -0.05) is 44.2 Å². The van der Waals surface area contributed by atoms with E-state index in [1.165, 1.54) is 5.56 Å². The molecule has 1 unspecified atom stereocenters. The maximum Gasteiger partial charge on any atom is 0.255 e. The number of aryl methyl sites for hydroxylation is 1. The Morgan fingerprint density at radius 3 is 2.52 bits per heavy atom. The zero-order valence-corrected chi connectivity index (χ0v) is 18.1. The summed E-state index contributed by atoms with van der Waals surface area (Å²) in [5, 5.41) is 7.81. The quantitative estimate of drug-likeness (QED) is 0.743. The Kier molecular flexibility index (Phi) is 7.45. The summed E-state index contributed by atoms with van der Waals surface area (Å²) in [6, 6.07) is 10.5. The molecular formula is C23H34N4O2. The molecule has 1 aromatic heterocycles. The molecule has 29 heavy (non-hydrogen) atoms. The van der Waals surface area contributed by atoms with E-state index in [9.17, 15) is 4.79 Å². The summed E-state index contributed by atoms with van der Waals surface area (Å²) < 4.78 is 7.42. The summed E-state index contributed by atoms with van der Waals surface area (Å²) in [7, 11) is 0. The second-order valence-electron chi connectivity index (χ2n) is 8.33. The minimum Gasteiger partial charge on any atom is -0.379 e. The van der Waals surface area contributed by atoms with Crippen molar-refractivity contribution >= 4 is 5.91 Å². The summed E-state index contributed by atoms with van der Waals surface area (Å²) >= 11 is 0. The van der Waals surface area contributed by atoms with E-state index in [2.05, 4.69) is 41.3 Å². The number of hydrogen-bond donors (Lipinski definition) is 1. The Hall–Kier alpha value is -2.18. The first kappa shape index (κ1) is 21.5. The average molecular weight is 399 g/mol. The number of nitrogens with zero attached hydrogens (tertiary/aromatic N) is 3. The molecule has 2 aromatic rings. The molecule has 158 valence electrons. The minimum absolute atomic E-state index is 0.0265. The van der Waals surface area contributed by atoms with Crippen molar-refractivity contribution in [1.82, 2.24) is 20.0 Å². The van der Waals surface area contributed by atoms with Crippen molar-refractivity contribution in [3.63, 3.8) is 0 Å². The fourth-order valence-electron chi connectivity index (χ4n) is 4.08. The van der Waals surface area contributed by atoms with Crippen LogP contribution in [0.15, 0.2) is 30.3 Å². The van der Waals surface area contributed by atoms with Crippen LogP contribution in [0.25, 0.3) is 0 Å². The first-order valence-corrected chi connectivity index (χ1v) is 10.6. The molecule has 1 aromatic carbocycles. The van der Waals surface area contributed by atoms with Gasteiger partial charge in [-0.2, -0.15) is 5.10 Å². The molecule has 1 fully saturated rings. The van der Waals surface area contributed by atoms with Gasteiger partial charge in [-0.3, -0.25) is 14.4 Å². The predicted octanol–water partition coefficient (Wildman–Crippen LogP) is 3.02.